The Morgan fingerprint density at radius 3 is 2.38 bits per heavy atom. The van der Waals surface area contributed by atoms with Crippen molar-refractivity contribution in [1.82, 2.24) is 0 Å². The molecule has 3 nitrogen and oxygen atoms in total. The first kappa shape index (κ1) is 16.2. The van der Waals surface area contributed by atoms with E-state index in [2.05, 4.69) is 27.7 Å². The lowest BCUT2D eigenvalue weighted by Crippen LogP contribution is -2.43. The van der Waals surface area contributed by atoms with E-state index in [0.29, 0.717) is 18.3 Å². The predicted molar refractivity (Wildman–Crippen MR) is 84.8 cm³/mol. The van der Waals surface area contributed by atoms with E-state index in [0.717, 1.165) is 29.9 Å². The van der Waals surface area contributed by atoms with Crippen LogP contribution in [-0.4, -0.2) is 17.8 Å². The van der Waals surface area contributed by atoms with E-state index in [1.165, 1.54) is 0 Å². The SMILES string of the molecule is COc1ccc2c(c1)OC(CC(C)C)(CC(C)C)C[C@H]2O. The second kappa shape index (κ2) is 6.27. The smallest absolute Gasteiger partial charge is 0.129 e. The van der Waals surface area contributed by atoms with Crippen LogP contribution in [0.4, 0.5) is 0 Å². The Morgan fingerprint density at radius 1 is 1.24 bits per heavy atom. The Morgan fingerprint density at radius 2 is 1.86 bits per heavy atom. The van der Waals surface area contributed by atoms with Gasteiger partial charge in [0.15, 0.2) is 0 Å². The van der Waals surface area contributed by atoms with E-state index < -0.39 is 6.10 Å². The Labute approximate surface area is 128 Å². The third-order valence-electron chi connectivity index (χ3n) is 4.03. The molecular weight excluding hydrogens is 264 g/mol. The Hall–Kier alpha value is -1.22. The first-order chi connectivity index (χ1) is 9.85. The number of hydrogen-bond acceptors (Lipinski definition) is 3. The van der Waals surface area contributed by atoms with Crippen LogP contribution in [0.3, 0.4) is 0 Å². The molecular formula is C18H28O3. The molecule has 0 bridgehead atoms. The third-order valence-corrected chi connectivity index (χ3v) is 4.03. The van der Waals surface area contributed by atoms with Gasteiger partial charge in [0, 0.05) is 18.1 Å². The van der Waals surface area contributed by atoms with Crippen LogP contribution in [0.5, 0.6) is 11.5 Å². The highest BCUT2D eigenvalue weighted by atomic mass is 16.5. The second-order valence-corrected chi connectivity index (χ2v) is 7.10. The molecule has 118 valence electrons. The third kappa shape index (κ3) is 3.70. The molecule has 2 rings (SSSR count). The van der Waals surface area contributed by atoms with Crippen LogP contribution in [0.25, 0.3) is 0 Å². The van der Waals surface area contributed by atoms with Crippen molar-refractivity contribution in [3.05, 3.63) is 23.8 Å². The van der Waals surface area contributed by atoms with Crippen LogP contribution < -0.4 is 9.47 Å². The lowest BCUT2D eigenvalue weighted by atomic mass is 9.78. The molecule has 1 N–H and O–H groups in total. The van der Waals surface area contributed by atoms with Crippen LogP contribution in [-0.2, 0) is 0 Å². The van der Waals surface area contributed by atoms with E-state index in [1.54, 1.807) is 7.11 Å². The molecule has 0 fully saturated rings. The fourth-order valence-corrected chi connectivity index (χ4v) is 3.56. The predicted octanol–water partition coefficient (Wildman–Crippen LogP) is 4.34. The number of methoxy groups -OCH3 is 1. The number of aliphatic hydroxyl groups excluding tert-OH is 1. The van der Waals surface area contributed by atoms with E-state index in [9.17, 15) is 5.11 Å². The first-order valence-corrected chi connectivity index (χ1v) is 7.90. The minimum absolute atomic E-state index is 0.277. The summed E-state index contributed by atoms with van der Waals surface area (Å²) >= 11 is 0. The Balaban J connectivity index is 2.36. The van der Waals surface area contributed by atoms with Crippen molar-refractivity contribution in [3.63, 3.8) is 0 Å². The zero-order valence-corrected chi connectivity index (χ0v) is 13.8. The molecule has 3 heteroatoms. The fourth-order valence-electron chi connectivity index (χ4n) is 3.56. The van der Waals surface area contributed by atoms with Gasteiger partial charge in [-0.2, -0.15) is 0 Å². The fraction of sp³-hybridized carbons (Fsp3) is 0.667. The number of fused-ring (bicyclic) bond motifs is 1. The van der Waals surface area contributed by atoms with Crippen molar-refractivity contribution < 1.29 is 14.6 Å². The van der Waals surface area contributed by atoms with Crippen LogP contribution in [0.2, 0.25) is 0 Å². The van der Waals surface area contributed by atoms with Gasteiger partial charge in [0.05, 0.1) is 13.2 Å². The van der Waals surface area contributed by atoms with Gasteiger partial charge >= 0.3 is 0 Å². The van der Waals surface area contributed by atoms with E-state index in [-0.39, 0.29) is 5.60 Å². The summed E-state index contributed by atoms with van der Waals surface area (Å²) < 4.78 is 11.7. The summed E-state index contributed by atoms with van der Waals surface area (Å²) in [6, 6.07) is 5.68. The summed E-state index contributed by atoms with van der Waals surface area (Å²) in [5, 5.41) is 10.6. The van der Waals surface area contributed by atoms with Gasteiger partial charge in [-0.25, -0.2) is 0 Å². The molecule has 0 unspecified atom stereocenters. The molecule has 1 atom stereocenters. The molecule has 0 aliphatic carbocycles. The molecule has 21 heavy (non-hydrogen) atoms. The summed E-state index contributed by atoms with van der Waals surface area (Å²) in [6.45, 7) is 8.83. The van der Waals surface area contributed by atoms with Gasteiger partial charge < -0.3 is 14.6 Å². The quantitative estimate of drug-likeness (QED) is 0.877. The molecule has 0 saturated heterocycles. The minimum atomic E-state index is -0.461. The van der Waals surface area contributed by atoms with Crippen molar-refractivity contribution in [3.8, 4) is 11.5 Å². The van der Waals surface area contributed by atoms with E-state index >= 15 is 0 Å². The summed E-state index contributed by atoms with van der Waals surface area (Å²) in [6.07, 6.45) is 2.12. The number of rotatable bonds is 5. The number of aliphatic hydroxyl groups is 1. The maximum Gasteiger partial charge on any atom is 0.129 e. The van der Waals surface area contributed by atoms with Crippen molar-refractivity contribution in [1.29, 1.82) is 0 Å². The molecule has 1 aromatic rings. The molecule has 0 spiro atoms. The van der Waals surface area contributed by atoms with Crippen molar-refractivity contribution in [2.45, 2.75) is 58.7 Å². The van der Waals surface area contributed by atoms with Gasteiger partial charge in [-0.05, 0) is 36.8 Å². The first-order valence-electron chi connectivity index (χ1n) is 7.90. The normalized spacial score (nSPS) is 20.3. The van der Waals surface area contributed by atoms with E-state index in [4.69, 9.17) is 9.47 Å². The standard InChI is InChI=1S/C18H28O3/c1-12(2)9-18(10-13(3)4)11-16(19)15-7-6-14(20-5)8-17(15)21-18/h6-8,12-13,16,19H,9-11H2,1-5H3/t16-/m1/s1. The average Bonchev–Trinajstić information content (AvgIpc) is 2.35. The maximum absolute atomic E-state index is 10.6. The highest BCUT2D eigenvalue weighted by molar-refractivity contribution is 5.44. The summed E-state index contributed by atoms with van der Waals surface area (Å²) in [5.41, 5.74) is 0.597. The molecule has 0 saturated carbocycles. The van der Waals surface area contributed by atoms with Gasteiger partial charge in [-0.1, -0.05) is 27.7 Å². The van der Waals surface area contributed by atoms with Crippen molar-refractivity contribution in [2.75, 3.05) is 7.11 Å². The largest absolute Gasteiger partial charge is 0.497 e. The molecule has 0 amide bonds. The average molecular weight is 292 g/mol. The molecule has 0 aromatic heterocycles. The van der Waals surface area contributed by atoms with Gasteiger partial charge in [0.25, 0.3) is 0 Å². The number of hydrogen-bond donors (Lipinski definition) is 1. The van der Waals surface area contributed by atoms with Gasteiger partial charge in [0.1, 0.15) is 17.1 Å². The van der Waals surface area contributed by atoms with Gasteiger partial charge in [-0.15, -0.1) is 0 Å². The monoisotopic (exact) mass is 292 g/mol. The molecule has 1 heterocycles. The van der Waals surface area contributed by atoms with Crippen LogP contribution in [0.15, 0.2) is 18.2 Å². The minimum Gasteiger partial charge on any atom is -0.497 e. The van der Waals surface area contributed by atoms with Crippen LogP contribution in [0.1, 0.15) is 58.6 Å². The number of benzene rings is 1. The van der Waals surface area contributed by atoms with Crippen molar-refractivity contribution in [2.24, 2.45) is 11.8 Å². The lowest BCUT2D eigenvalue weighted by molar-refractivity contribution is -0.0408. The van der Waals surface area contributed by atoms with Crippen LogP contribution >= 0.6 is 0 Å². The summed E-state index contributed by atoms with van der Waals surface area (Å²) in [5.74, 6) is 2.60. The Kier molecular flexibility index (Phi) is 4.82. The molecule has 1 aliphatic heterocycles. The van der Waals surface area contributed by atoms with E-state index in [1.807, 2.05) is 18.2 Å². The van der Waals surface area contributed by atoms with Crippen molar-refractivity contribution >= 4 is 0 Å². The highest BCUT2D eigenvalue weighted by Gasteiger charge is 2.41. The zero-order valence-electron chi connectivity index (χ0n) is 13.8. The van der Waals surface area contributed by atoms with Gasteiger partial charge in [0.2, 0.25) is 0 Å². The molecule has 1 aliphatic rings. The van der Waals surface area contributed by atoms with Gasteiger partial charge in [-0.3, -0.25) is 0 Å². The van der Waals surface area contributed by atoms with Crippen LogP contribution in [0, 0.1) is 11.8 Å². The zero-order chi connectivity index (χ0) is 15.6. The highest BCUT2D eigenvalue weighted by Crippen LogP contribution is 2.46. The topological polar surface area (TPSA) is 38.7 Å². The summed E-state index contributed by atoms with van der Waals surface area (Å²) in [4.78, 5) is 0. The lowest BCUT2D eigenvalue weighted by Gasteiger charge is -2.43. The molecule has 1 aromatic carbocycles. The molecule has 0 radical (unpaired) electrons. The summed E-state index contributed by atoms with van der Waals surface area (Å²) in [7, 11) is 1.65. The number of ether oxygens (including phenoxy) is 2. The maximum atomic E-state index is 10.6. The second-order valence-electron chi connectivity index (χ2n) is 7.10. The Bertz CT molecular complexity index is 469.